The van der Waals surface area contributed by atoms with Crippen molar-refractivity contribution >= 4 is 23.3 Å². The summed E-state index contributed by atoms with van der Waals surface area (Å²) in [6, 6.07) is 16.1. The Kier molecular flexibility index (Phi) is 5.22. The van der Waals surface area contributed by atoms with Gasteiger partial charge in [0.15, 0.2) is 5.78 Å². The molecule has 0 saturated heterocycles. The standard InChI is InChI=1S/C24H25NO4/c1-15(2)19-12-17(26)13-21-22(19)23(27)18-10-6-7-11-20(18)25(21)24(28)29-14-16-8-4-3-5-9-16/h3-11,15,19,21-22H,12-14H2,1-2H3/t19-,21-,22+/m0/s1. The van der Waals surface area contributed by atoms with Crippen molar-refractivity contribution in [2.45, 2.75) is 39.3 Å². The van der Waals surface area contributed by atoms with Gasteiger partial charge in [-0.3, -0.25) is 14.5 Å². The highest BCUT2D eigenvalue weighted by molar-refractivity contribution is 6.10. The number of fused-ring (bicyclic) bond motifs is 2. The van der Waals surface area contributed by atoms with E-state index in [-0.39, 0.29) is 42.3 Å². The Morgan fingerprint density at radius 1 is 1.03 bits per heavy atom. The van der Waals surface area contributed by atoms with E-state index in [1.54, 1.807) is 23.1 Å². The van der Waals surface area contributed by atoms with Gasteiger partial charge in [-0.15, -0.1) is 0 Å². The quantitative estimate of drug-likeness (QED) is 0.764. The number of anilines is 1. The van der Waals surface area contributed by atoms with E-state index in [1.165, 1.54) is 0 Å². The van der Waals surface area contributed by atoms with Crippen LogP contribution in [0.1, 0.15) is 42.6 Å². The summed E-state index contributed by atoms with van der Waals surface area (Å²) < 4.78 is 5.60. The monoisotopic (exact) mass is 391 g/mol. The molecule has 29 heavy (non-hydrogen) atoms. The lowest BCUT2D eigenvalue weighted by molar-refractivity contribution is -0.123. The molecule has 0 radical (unpaired) electrons. The van der Waals surface area contributed by atoms with Crippen LogP contribution in [0.4, 0.5) is 10.5 Å². The first-order valence-electron chi connectivity index (χ1n) is 10.1. The normalized spacial score (nSPS) is 23.6. The third-order valence-electron chi connectivity index (χ3n) is 6.10. The number of amides is 1. The number of hydrogen-bond acceptors (Lipinski definition) is 4. The second-order valence-corrected chi connectivity index (χ2v) is 8.24. The third-order valence-corrected chi connectivity index (χ3v) is 6.10. The Balaban J connectivity index is 1.70. The lowest BCUT2D eigenvalue weighted by Gasteiger charge is -2.46. The first kappa shape index (κ1) is 19.4. The summed E-state index contributed by atoms with van der Waals surface area (Å²) in [5.41, 5.74) is 1.96. The Morgan fingerprint density at radius 3 is 2.45 bits per heavy atom. The highest BCUT2D eigenvalue weighted by Crippen LogP contribution is 2.45. The zero-order valence-corrected chi connectivity index (χ0v) is 16.7. The van der Waals surface area contributed by atoms with Gasteiger partial charge in [-0.2, -0.15) is 0 Å². The molecule has 2 aliphatic rings. The van der Waals surface area contributed by atoms with Gasteiger partial charge in [0.2, 0.25) is 0 Å². The van der Waals surface area contributed by atoms with Gasteiger partial charge in [-0.1, -0.05) is 56.3 Å². The smallest absolute Gasteiger partial charge is 0.414 e. The van der Waals surface area contributed by atoms with Gasteiger partial charge in [0.1, 0.15) is 12.4 Å². The van der Waals surface area contributed by atoms with Crippen LogP contribution in [0.15, 0.2) is 54.6 Å². The molecule has 2 aromatic rings. The number of carbonyl (C=O) groups excluding carboxylic acids is 3. The molecular weight excluding hydrogens is 366 g/mol. The van der Waals surface area contributed by atoms with E-state index in [2.05, 4.69) is 0 Å². The summed E-state index contributed by atoms with van der Waals surface area (Å²) in [5.74, 6) is -0.163. The molecule has 5 nitrogen and oxygen atoms in total. The molecular formula is C24H25NO4. The van der Waals surface area contributed by atoms with Gasteiger partial charge < -0.3 is 4.74 Å². The molecule has 150 valence electrons. The van der Waals surface area contributed by atoms with Gasteiger partial charge in [-0.05, 0) is 29.5 Å². The van der Waals surface area contributed by atoms with Crippen molar-refractivity contribution in [3.05, 3.63) is 65.7 Å². The first-order valence-corrected chi connectivity index (χ1v) is 10.1. The number of hydrogen-bond donors (Lipinski definition) is 0. The summed E-state index contributed by atoms with van der Waals surface area (Å²) in [6.45, 7) is 4.21. The number of benzene rings is 2. The molecule has 1 saturated carbocycles. The maximum absolute atomic E-state index is 13.3. The lowest BCUT2D eigenvalue weighted by atomic mass is 9.65. The minimum absolute atomic E-state index is 0.0314. The molecule has 2 aromatic carbocycles. The average molecular weight is 391 g/mol. The number of nitrogens with zero attached hydrogens (tertiary/aromatic N) is 1. The molecule has 5 heteroatoms. The van der Waals surface area contributed by atoms with Crippen LogP contribution in [0.25, 0.3) is 0 Å². The van der Waals surface area contributed by atoms with Crippen LogP contribution in [0.2, 0.25) is 0 Å². The molecule has 0 bridgehead atoms. The summed E-state index contributed by atoms with van der Waals surface area (Å²) in [4.78, 5) is 40.6. The van der Waals surface area contributed by atoms with Crippen molar-refractivity contribution in [1.82, 2.24) is 0 Å². The van der Waals surface area contributed by atoms with Crippen molar-refractivity contribution in [1.29, 1.82) is 0 Å². The van der Waals surface area contributed by atoms with E-state index in [0.29, 0.717) is 17.7 Å². The van der Waals surface area contributed by atoms with Crippen LogP contribution in [-0.2, 0) is 16.1 Å². The van der Waals surface area contributed by atoms with Crippen molar-refractivity contribution in [2.75, 3.05) is 4.90 Å². The highest BCUT2D eigenvalue weighted by atomic mass is 16.6. The maximum Gasteiger partial charge on any atom is 0.414 e. The molecule has 0 spiro atoms. The summed E-state index contributed by atoms with van der Waals surface area (Å²) in [7, 11) is 0. The lowest BCUT2D eigenvalue weighted by Crippen LogP contribution is -2.57. The van der Waals surface area contributed by atoms with Crippen LogP contribution in [0, 0.1) is 17.8 Å². The van der Waals surface area contributed by atoms with Crippen molar-refractivity contribution < 1.29 is 19.1 Å². The molecule has 3 atom stereocenters. The number of para-hydroxylation sites is 1. The topological polar surface area (TPSA) is 63.7 Å². The maximum atomic E-state index is 13.3. The van der Waals surface area contributed by atoms with Gasteiger partial charge in [0.25, 0.3) is 0 Å². The Bertz CT molecular complexity index is 937. The number of rotatable bonds is 3. The minimum atomic E-state index is -0.513. The highest BCUT2D eigenvalue weighted by Gasteiger charge is 2.51. The fourth-order valence-corrected chi connectivity index (χ4v) is 4.66. The summed E-state index contributed by atoms with van der Waals surface area (Å²) in [6.07, 6.45) is 0.0645. The van der Waals surface area contributed by atoms with Crippen molar-refractivity contribution in [2.24, 2.45) is 17.8 Å². The van der Waals surface area contributed by atoms with E-state index in [0.717, 1.165) is 5.56 Å². The number of carbonyl (C=O) groups is 3. The Labute approximate surface area is 170 Å². The van der Waals surface area contributed by atoms with E-state index in [4.69, 9.17) is 4.74 Å². The number of ketones is 2. The predicted octanol–water partition coefficient (Wildman–Crippen LogP) is 4.65. The second kappa shape index (κ2) is 7.82. The van der Waals surface area contributed by atoms with Crippen LogP contribution in [0.5, 0.6) is 0 Å². The Morgan fingerprint density at radius 2 is 1.72 bits per heavy atom. The molecule has 1 amide bonds. The molecule has 4 rings (SSSR count). The van der Waals surface area contributed by atoms with E-state index >= 15 is 0 Å². The van der Waals surface area contributed by atoms with Gasteiger partial charge in [0, 0.05) is 24.3 Å². The first-order chi connectivity index (χ1) is 14.0. The number of ether oxygens (including phenoxy) is 1. The minimum Gasteiger partial charge on any atom is -0.444 e. The molecule has 1 fully saturated rings. The van der Waals surface area contributed by atoms with Crippen LogP contribution in [0.3, 0.4) is 0 Å². The van der Waals surface area contributed by atoms with Gasteiger partial charge >= 0.3 is 6.09 Å². The second-order valence-electron chi connectivity index (χ2n) is 8.24. The summed E-state index contributed by atoms with van der Waals surface area (Å²) in [5, 5.41) is 0. The van der Waals surface area contributed by atoms with Gasteiger partial charge in [0.05, 0.1) is 11.7 Å². The average Bonchev–Trinajstić information content (AvgIpc) is 2.72. The molecule has 0 N–H and O–H groups in total. The molecule has 0 aromatic heterocycles. The van der Waals surface area contributed by atoms with E-state index in [1.807, 2.05) is 50.2 Å². The molecule has 1 aliphatic heterocycles. The van der Waals surface area contributed by atoms with Gasteiger partial charge in [-0.25, -0.2) is 4.79 Å². The Hall–Kier alpha value is -2.95. The molecule has 1 aliphatic carbocycles. The van der Waals surface area contributed by atoms with Crippen LogP contribution < -0.4 is 4.90 Å². The fraction of sp³-hybridized carbons (Fsp3) is 0.375. The third kappa shape index (κ3) is 3.57. The van der Waals surface area contributed by atoms with Crippen molar-refractivity contribution in [3.63, 3.8) is 0 Å². The van der Waals surface area contributed by atoms with Crippen LogP contribution >= 0.6 is 0 Å². The predicted molar refractivity (Wildman–Crippen MR) is 110 cm³/mol. The largest absolute Gasteiger partial charge is 0.444 e. The SMILES string of the molecule is CC(C)[C@@H]1CC(=O)C[C@H]2[C@@H]1C(=O)c1ccccc1N2C(=O)OCc1ccccc1. The van der Waals surface area contributed by atoms with Crippen molar-refractivity contribution in [3.8, 4) is 0 Å². The number of Topliss-reactive ketones (excluding diaryl/α,β-unsaturated/α-hetero) is 2. The molecule has 0 unspecified atom stereocenters. The zero-order chi connectivity index (χ0) is 20.5. The van der Waals surface area contributed by atoms with Crippen LogP contribution in [-0.4, -0.2) is 23.7 Å². The van der Waals surface area contributed by atoms with E-state index < -0.39 is 12.1 Å². The summed E-state index contributed by atoms with van der Waals surface area (Å²) >= 11 is 0. The van der Waals surface area contributed by atoms with E-state index in [9.17, 15) is 14.4 Å². The zero-order valence-electron chi connectivity index (χ0n) is 16.7. The molecule has 1 heterocycles. The fourth-order valence-electron chi connectivity index (χ4n) is 4.66.